The Balaban J connectivity index is 1.48. The number of nitrogens with zero attached hydrogens (tertiary/aromatic N) is 3. The van der Waals surface area contributed by atoms with Crippen molar-refractivity contribution in [1.29, 1.82) is 0 Å². The standard InChI is InChI=1S/C23H27ClN4O4/c1-30-18-14-15-20(22(32-3)21(18)31-2)25-19(26-23(15)29)8-9-27-10-12-28(13-11-27)17-7-5-4-6-16(17)24/h4-7,14H,8-13H2,1-3H3,(H,25,26,29). The van der Waals surface area contributed by atoms with E-state index in [9.17, 15) is 4.79 Å². The van der Waals surface area contributed by atoms with Gasteiger partial charge in [0.15, 0.2) is 11.5 Å². The zero-order chi connectivity index (χ0) is 22.7. The minimum Gasteiger partial charge on any atom is -0.493 e. The zero-order valence-corrected chi connectivity index (χ0v) is 19.2. The minimum absolute atomic E-state index is 0.229. The molecule has 3 aromatic rings. The molecule has 0 amide bonds. The smallest absolute Gasteiger partial charge is 0.259 e. The number of H-pyrrole nitrogens is 1. The number of para-hydroxylation sites is 1. The molecule has 0 unspecified atom stereocenters. The summed E-state index contributed by atoms with van der Waals surface area (Å²) in [7, 11) is 4.57. The van der Waals surface area contributed by atoms with E-state index >= 15 is 0 Å². The summed E-state index contributed by atoms with van der Waals surface area (Å²) in [5, 5.41) is 1.18. The number of ether oxygens (including phenoxy) is 3. The van der Waals surface area contributed by atoms with Crippen molar-refractivity contribution in [2.24, 2.45) is 0 Å². The fraction of sp³-hybridized carbons (Fsp3) is 0.391. The maximum absolute atomic E-state index is 12.7. The molecule has 8 nitrogen and oxygen atoms in total. The van der Waals surface area contributed by atoms with Gasteiger partial charge >= 0.3 is 0 Å². The van der Waals surface area contributed by atoms with Gasteiger partial charge in [-0.3, -0.25) is 9.69 Å². The van der Waals surface area contributed by atoms with E-state index in [1.165, 1.54) is 21.3 Å². The topological polar surface area (TPSA) is 79.9 Å². The highest BCUT2D eigenvalue weighted by Crippen LogP contribution is 2.41. The molecule has 170 valence electrons. The number of benzene rings is 2. The van der Waals surface area contributed by atoms with E-state index < -0.39 is 0 Å². The zero-order valence-electron chi connectivity index (χ0n) is 18.5. The molecule has 0 atom stereocenters. The summed E-state index contributed by atoms with van der Waals surface area (Å²) in [5.41, 5.74) is 1.31. The van der Waals surface area contributed by atoms with E-state index in [0.717, 1.165) is 43.4 Å². The molecule has 0 spiro atoms. The molecule has 2 aromatic carbocycles. The first-order valence-corrected chi connectivity index (χ1v) is 10.9. The van der Waals surface area contributed by atoms with Crippen LogP contribution in [0.4, 0.5) is 5.69 Å². The van der Waals surface area contributed by atoms with Crippen LogP contribution < -0.4 is 24.7 Å². The highest BCUT2D eigenvalue weighted by molar-refractivity contribution is 6.33. The van der Waals surface area contributed by atoms with Gasteiger partial charge in [0.25, 0.3) is 5.56 Å². The summed E-state index contributed by atoms with van der Waals surface area (Å²) >= 11 is 6.34. The van der Waals surface area contributed by atoms with Crippen LogP contribution in [-0.4, -0.2) is 68.9 Å². The van der Waals surface area contributed by atoms with Gasteiger partial charge in [-0.15, -0.1) is 0 Å². The van der Waals surface area contributed by atoms with Gasteiger partial charge in [0.05, 0.1) is 37.4 Å². The SMILES string of the molecule is COc1cc2c(=O)[nH]c(CCN3CCN(c4ccccc4Cl)CC3)nc2c(OC)c1OC. The average Bonchev–Trinajstić information content (AvgIpc) is 2.82. The van der Waals surface area contributed by atoms with Crippen molar-refractivity contribution >= 4 is 28.2 Å². The maximum atomic E-state index is 12.7. The molecular formula is C23H27ClN4O4. The van der Waals surface area contributed by atoms with Crippen LogP contribution in [0.1, 0.15) is 5.82 Å². The summed E-state index contributed by atoms with van der Waals surface area (Å²) in [6.45, 7) is 4.42. The number of rotatable bonds is 7. The Bertz CT molecular complexity index is 1160. The van der Waals surface area contributed by atoms with Crippen LogP contribution in [0.2, 0.25) is 5.02 Å². The molecule has 9 heteroatoms. The predicted molar refractivity (Wildman–Crippen MR) is 126 cm³/mol. The molecule has 1 aliphatic rings. The predicted octanol–water partition coefficient (Wildman–Crippen LogP) is 2.97. The second kappa shape index (κ2) is 9.67. The summed E-state index contributed by atoms with van der Waals surface area (Å²) < 4.78 is 16.3. The van der Waals surface area contributed by atoms with Crippen molar-refractivity contribution in [3.05, 3.63) is 51.5 Å². The van der Waals surface area contributed by atoms with E-state index in [2.05, 4.69) is 25.8 Å². The molecule has 0 radical (unpaired) electrons. The van der Waals surface area contributed by atoms with Gasteiger partial charge in [-0.25, -0.2) is 4.98 Å². The van der Waals surface area contributed by atoms with E-state index in [4.69, 9.17) is 25.8 Å². The van der Waals surface area contributed by atoms with Crippen LogP contribution in [0.5, 0.6) is 17.2 Å². The van der Waals surface area contributed by atoms with E-state index in [1.54, 1.807) is 6.07 Å². The molecule has 1 aromatic heterocycles. The van der Waals surface area contributed by atoms with Gasteiger partial charge in [-0.1, -0.05) is 23.7 Å². The Morgan fingerprint density at radius 2 is 1.75 bits per heavy atom. The lowest BCUT2D eigenvalue weighted by Crippen LogP contribution is -2.47. The summed E-state index contributed by atoms with van der Waals surface area (Å²) in [5.74, 6) is 1.85. The number of nitrogens with one attached hydrogen (secondary N) is 1. The van der Waals surface area contributed by atoms with Crippen molar-refractivity contribution in [2.45, 2.75) is 6.42 Å². The third-order valence-corrected chi connectivity index (χ3v) is 6.10. The fourth-order valence-electron chi connectivity index (χ4n) is 4.09. The Labute approximate surface area is 191 Å². The quantitative estimate of drug-likeness (QED) is 0.583. The monoisotopic (exact) mass is 458 g/mol. The Kier molecular flexibility index (Phi) is 6.72. The highest BCUT2D eigenvalue weighted by Gasteiger charge is 2.21. The summed E-state index contributed by atoms with van der Waals surface area (Å²) in [4.78, 5) is 25.0. The van der Waals surface area contributed by atoms with Crippen LogP contribution in [0.15, 0.2) is 35.1 Å². The second-order valence-electron chi connectivity index (χ2n) is 7.58. The third-order valence-electron chi connectivity index (χ3n) is 5.78. The lowest BCUT2D eigenvalue weighted by atomic mass is 10.2. The molecule has 0 saturated carbocycles. The molecule has 1 N–H and O–H groups in total. The normalized spacial score (nSPS) is 14.6. The van der Waals surface area contributed by atoms with Crippen molar-refractivity contribution < 1.29 is 14.2 Å². The van der Waals surface area contributed by atoms with Crippen molar-refractivity contribution in [3.63, 3.8) is 0 Å². The molecule has 2 heterocycles. The first-order chi connectivity index (χ1) is 15.5. The Morgan fingerprint density at radius 1 is 1.03 bits per heavy atom. The largest absolute Gasteiger partial charge is 0.493 e. The second-order valence-corrected chi connectivity index (χ2v) is 7.99. The lowest BCUT2D eigenvalue weighted by molar-refractivity contribution is 0.259. The van der Waals surface area contributed by atoms with Gasteiger partial charge in [0.2, 0.25) is 5.75 Å². The molecular weight excluding hydrogens is 432 g/mol. The van der Waals surface area contributed by atoms with Gasteiger partial charge in [0.1, 0.15) is 11.3 Å². The van der Waals surface area contributed by atoms with E-state index in [1.807, 2.05) is 18.2 Å². The van der Waals surface area contributed by atoms with Crippen LogP contribution in [0, 0.1) is 0 Å². The lowest BCUT2D eigenvalue weighted by Gasteiger charge is -2.36. The van der Waals surface area contributed by atoms with Crippen LogP contribution in [0.25, 0.3) is 10.9 Å². The summed E-state index contributed by atoms with van der Waals surface area (Å²) in [6.07, 6.45) is 0.620. The fourth-order valence-corrected chi connectivity index (χ4v) is 4.34. The molecule has 0 aliphatic carbocycles. The number of piperazine rings is 1. The number of hydrogen-bond acceptors (Lipinski definition) is 7. The van der Waals surface area contributed by atoms with Crippen LogP contribution >= 0.6 is 11.6 Å². The van der Waals surface area contributed by atoms with E-state index in [0.29, 0.717) is 40.4 Å². The van der Waals surface area contributed by atoms with Crippen molar-refractivity contribution in [1.82, 2.24) is 14.9 Å². The number of hydrogen-bond donors (Lipinski definition) is 1. The van der Waals surface area contributed by atoms with Gasteiger partial charge in [0, 0.05) is 39.1 Å². The Hall–Kier alpha value is -2.97. The minimum atomic E-state index is -0.229. The van der Waals surface area contributed by atoms with Crippen molar-refractivity contribution in [2.75, 3.05) is 59.0 Å². The first kappa shape index (κ1) is 22.2. The molecule has 1 aliphatic heterocycles. The van der Waals surface area contributed by atoms with Crippen LogP contribution in [-0.2, 0) is 6.42 Å². The molecule has 1 fully saturated rings. The average molecular weight is 459 g/mol. The maximum Gasteiger partial charge on any atom is 0.259 e. The number of aromatic amines is 1. The van der Waals surface area contributed by atoms with Gasteiger partial charge < -0.3 is 24.1 Å². The highest BCUT2D eigenvalue weighted by atomic mass is 35.5. The van der Waals surface area contributed by atoms with Crippen molar-refractivity contribution in [3.8, 4) is 17.2 Å². The number of halogens is 1. The molecule has 1 saturated heterocycles. The molecule has 4 rings (SSSR count). The van der Waals surface area contributed by atoms with Gasteiger partial charge in [-0.05, 0) is 18.2 Å². The molecule has 0 bridgehead atoms. The number of methoxy groups -OCH3 is 3. The molecule has 32 heavy (non-hydrogen) atoms. The third kappa shape index (κ3) is 4.33. The van der Waals surface area contributed by atoms with E-state index in [-0.39, 0.29) is 5.56 Å². The number of anilines is 1. The first-order valence-electron chi connectivity index (χ1n) is 10.5. The number of fused-ring (bicyclic) bond motifs is 1. The van der Waals surface area contributed by atoms with Crippen LogP contribution in [0.3, 0.4) is 0 Å². The Morgan fingerprint density at radius 3 is 2.41 bits per heavy atom. The summed E-state index contributed by atoms with van der Waals surface area (Å²) in [6, 6.07) is 9.55. The van der Waals surface area contributed by atoms with Gasteiger partial charge in [-0.2, -0.15) is 0 Å². The number of aromatic nitrogens is 2.